The van der Waals surface area contributed by atoms with Crippen LogP contribution in [0.5, 0.6) is 5.88 Å². The van der Waals surface area contributed by atoms with Crippen LogP contribution in [-0.4, -0.2) is 51.3 Å². The zero-order chi connectivity index (χ0) is 23.9. The monoisotopic (exact) mass is 468 g/mol. The second kappa shape index (κ2) is 11.2. The highest BCUT2D eigenvalue weighted by molar-refractivity contribution is 7.11. The maximum atomic E-state index is 14.0. The van der Waals surface area contributed by atoms with Gasteiger partial charge in [0.05, 0.1) is 6.10 Å². The molecule has 0 saturated carbocycles. The Morgan fingerprint density at radius 2 is 2.03 bits per heavy atom. The van der Waals surface area contributed by atoms with E-state index in [1.54, 1.807) is 19.1 Å². The molecule has 0 aliphatic heterocycles. The van der Waals surface area contributed by atoms with E-state index in [4.69, 9.17) is 4.74 Å². The minimum Gasteiger partial charge on any atom is -0.477 e. The van der Waals surface area contributed by atoms with Crippen LogP contribution in [-0.2, 0) is 6.61 Å². The molecule has 1 aromatic carbocycles. The van der Waals surface area contributed by atoms with Crippen molar-refractivity contribution in [3.8, 4) is 5.88 Å². The molecule has 1 unspecified atom stereocenters. The van der Waals surface area contributed by atoms with Gasteiger partial charge in [0.1, 0.15) is 17.4 Å². The molecule has 1 aromatic heterocycles. The molecular formula is C21H29FN4O5S. The average Bonchev–Trinajstić information content (AvgIpc) is 3.07. The second-order valence-corrected chi connectivity index (χ2v) is 9.11. The van der Waals surface area contributed by atoms with Crippen molar-refractivity contribution in [2.24, 2.45) is 0 Å². The van der Waals surface area contributed by atoms with Crippen molar-refractivity contribution in [2.75, 3.05) is 18.4 Å². The molecule has 32 heavy (non-hydrogen) atoms. The number of aromatic nitrogens is 1. The number of aliphatic hydroxyl groups excluding tert-OH is 1. The van der Waals surface area contributed by atoms with Crippen LogP contribution in [0.2, 0.25) is 0 Å². The van der Waals surface area contributed by atoms with Crippen molar-refractivity contribution in [1.82, 2.24) is 15.0 Å². The van der Waals surface area contributed by atoms with Crippen LogP contribution < -0.4 is 20.7 Å². The molecule has 176 valence electrons. The second-order valence-electron chi connectivity index (χ2n) is 8.33. The minimum absolute atomic E-state index is 0.00988. The lowest BCUT2D eigenvalue weighted by Crippen LogP contribution is -2.42. The summed E-state index contributed by atoms with van der Waals surface area (Å²) in [5.41, 5.74) is 0.566. The molecule has 0 fully saturated rings. The first-order chi connectivity index (χ1) is 15.0. The van der Waals surface area contributed by atoms with Crippen molar-refractivity contribution in [2.45, 2.75) is 52.4 Å². The number of carbonyl (C=O) groups excluding carboxylic acids is 1. The predicted octanol–water partition coefficient (Wildman–Crippen LogP) is 3.13. The van der Waals surface area contributed by atoms with E-state index in [-0.39, 0.29) is 40.7 Å². The summed E-state index contributed by atoms with van der Waals surface area (Å²) in [4.78, 5) is 23.8. The van der Waals surface area contributed by atoms with Gasteiger partial charge in [0.2, 0.25) is 5.88 Å². The van der Waals surface area contributed by atoms with Crippen molar-refractivity contribution in [1.29, 1.82) is 0 Å². The van der Waals surface area contributed by atoms with Crippen molar-refractivity contribution in [3.05, 3.63) is 40.7 Å². The van der Waals surface area contributed by atoms with Gasteiger partial charge in [0.15, 0.2) is 5.56 Å². The Kier molecular flexibility index (Phi) is 8.93. The van der Waals surface area contributed by atoms with Gasteiger partial charge in [-0.1, -0.05) is 12.1 Å². The maximum absolute atomic E-state index is 14.0. The van der Waals surface area contributed by atoms with E-state index in [0.29, 0.717) is 13.0 Å². The molecule has 0 saturated heterocycles. The first-order valence-electron chi connectivity index (χ1n) is 10.0. The number of aryl methyl sites for hydroxylation is 1. The average molecular weight is 469 g/mol. The van der Waals surface area contributed by atoms with Crippen LogP contribution in [0.3, 0.4) is 0 Å². The smallest absolute Gasteiger partial charge is 0.344 e. The van der Waals surface area contributed by atoms with Gasteiger partial charge in [0, 0.05) is 24.2 Å². The summed E-state index contributed by atoms with van der Waals surface area (Å²) >= 11 is 0.744. The largest absolute Gasteiger partial charge is 0.477 e. The number of nitrogens with zero attached hydrogens (tertiary/aromatic N) is 1. The van der Waals surface area contributed by atoms with Gasteiger partial charge in [0.25, 0.3) is 0 Å². The SMILES string of the molecule is Cc1ccc(COc2nsc(NC(=O)NCCC(O)CNC(C)(C)C)c2C(=O)O)c(F)c1. The van der Waals surface area contributed by atoms with E-state index in [1.165, 1.54) is 6.07 Å². The summed E-state index contributed by atoms with van der Waals surface area (Å²) in [6.07, 6.45) is -0.323. The number of carboxylic acid groups (broad SMARTS) is 1. The summed E-state index contributed by atoms with van der Waals surface area (Å²) in [5, 5.41) is 27.6. The first kappa shape index (κ1) is 25.5. The molecule has 0 aliphatic rings. The van der Waals surface area contributed by atoms with Gasteiger partial charge in [-0.25, -0.2) is 14.0 Å². The number of rotatable bonds is 10. The third-order valence-corrected chi connectivity index (χ3v) is 5.05. The third kappa shape index (κ3) is 8.06. The van der Waals surface area contributed by atoms with Crippen LogP contribution in [0.4, 0.5) is 14.2 Å². The molecule has 0 aliphatic carbocycles. The van der Waals surface area contributed by atoms with Crippen molar-refractivity contribution in [3.63, 3.8) is 0 Å². The molecule has 5 N–H and O–H groups in total. The number of halogens is 1. The van der Waals surface area contributed by atoms with Crippen LogP contribution in [0, 0.1) is 12.7 Å². The van der Waals surface area contributed by atoms with Gasteiger partial charge in [-0.15, -0.1) is 0 Å². The molecule has 9 nitrogen and oxygen atoms in total. The number of carbonyl (C=O) groups is 2. The molecule has 2 aromatic rings. The van der Waals surface area contributed by atoms with Crippen LogP contribution in [0.1, 0.15) is 48.7 Å². The number of hydrogen-bond donors (Lipinski definition) is 5. The topological polar surface area (TPSA) is 133 Å². The van der Waals surface area contributed by atoms with Gasteiger partial charge in [-0.05, 0) is 57.3 Å². The van der Waals surface area contributed by atoms with E-state index in [1.807, 2.05) is 20.8 Å². The molecule has 2 rings (SSSR count). The lowest BCUT2D eigenvalue weighted by Gasteiger charge is -2.22. The molecule has 0 bridgehead atoms. The first-order valence-corrected chi connectivity index (χ1v) is 10.8. The fraction of sp³-hybridized carbons (Fsp3) is 0.476. The number of urea groups is 1. The van der Waals surface area contributed by atoms with Crippen LogP contribution in [0.15, 0.2) is 18.2 Å². The molecular weight excluding hydrogens is 439 g/mol. The summed E-state index contributed by atoms with van der Waals surface area (Å²) < 4.78 is 23.3. The molecule has 0 radical (unpaired) electrons. The number of anilines is 1. The number of aliphatic hydroxyl groups is 1. The number of benzene rings is 1. The standard InChI is InChI=1S/C21H29FN4O5S/c1-12-5-6-13(15(22)9-12)11-31-17-16(19(28)29)18(32-26-17)25-20(30)23-8-7-14(27)10-24-21(2,3)4/h5-6,9,14,24,27H,7-8,10-11H2,1-4H3,(H,28,29)(H2,23,25,30). The molecule has 1 atom stereocenters. The number of β-amino-alcohol motifs (C(OH)–C–C–N with tert-alkyl or cyclic N) is 1. The summed E-state index contributed by atoms with van der Waals surface area (Å²) in [6, 6.07) is 3.98. The quantitative estimate of drug-likeness (QED) is 0.362. The number of hydrogen-bond acceptors (Lipinski definition) is 7. The highest BCUT2D eigenvalue weighted by Crippen LogP contribution is 2.31. The summed E-state index contributed by atoms with van der Waals surface area (Å²) in [5.74, 6) is -2.01. The lowest BCUT2D eigenvalue weighted by molar-refractivity contribution is 0.0693. The molecule has 0 spiro atoms. The number of carboxylic acids is 1. The minimum atomic E-state index is -1.34. The highest BCUT2D eigenvalue weighted by atomic mass is 32.1. The van der Waals surface area contributed by atoms with E-state index in [0.717, 1.165) is 17.1 Å². The van der Waals surface area contributed by atoms with E-state index >= 15 is 0 Å². The number of amides is 2. The van der Waals surface area contributed by atoms with E-state index in [9.17, 15) is 24.2 Å². The van der Waals surface area contributed by atoms with Gasteiger partial charge in [-0.3, -0.25) is 5.32 Å². The Bertz CT molecular complexity index is 945. The normalized spacial score (nSPS) is 12.3. The summed E-state index contributed by atoms with van der Waals surface area (Å²) in [7, 11) is 0. The Balaban J connectivity index is 1.91. The number of ether oxygens (including phenoxy) is 1. The fourth-order valence-corrected chi connectivity index (χ4v) is 3.31. The van der Waals surface area contributed by atoms with E-state index in [2.05, 4.69) is 20.3 Å². The zero-order valence-electron chi connectivity index (χ0n) is 18.5. The summed E-state index contributed by atoms with van der Waals surface area (Å²) in [6.45, 7) is 8.07. The number of aromatic carboxylic acids is 1. The Hall–Kier alpha value is -2.76. The van der Waals surface area contributed by atoms with Crippen LogP contribution >= 0.6 is 11.5 Å². The van der Waals surface area contributed by atoms with Crippen molar-refractivity contribution >= 4 is 28.5 Å². The van der Waals surface area contributed by atoms with Gasteiger partial charge >= 0.3 is 12.0 Å². The third-order valence-electron chi connectivity index (χ3n) is 4.31. The van der Waals surface area contributed by atoms with Gasteiger partial charge < -0.3 is 25.6 Å². The molecule has 2 amide bonds. The van der Waals surface area contributed by atoms with Gasteiger partial charge in [-0.2, -0.15) is 4.37 Å². The maximum Gasteiger partial charge on any atom is 0.344 e. The Morgan fingerprint density at radius 3 is 2.66 bits per heavy atom. The van der Waals surface area contributed by atoms with Crippen molar-refractivity contribution < 1.29 is 28.9 Å². The zero-order valence-corrected chi connectivity index (χ0v) is 19.3. The Labute approximate surface area is 190 Å². The number of nitrogens with one attached hydrogen (secondary N) is 3. The molecule has 1 heterocycles. The highest BCUT2D eigenvalue weighted by Gasteiger charge is 2.24. The van der Waals surface area contributed by atoms with E-state index < -0.39 is 23.9 Å². The predicted molar refractivity (Wildman–Crippen MR) is 120 cm³/mol. The Morgan fingerprint density at radius 1 is 1.31 bits per heavy atom. The van der Waals surface area contributed by atoms with Crippen LogP contribution in [0.25, 0.3) is 0 Å². The molecule has 11 heteroatoms. The lowest BCUT2D eigenvalue weighted by atomic mass is 10.1. The fourth-order valence-electron chi connectivity index (χ4n) is 2.59.